The van der Waals surface area contributed by atoms with Crippen LogP contribution in [0.4, 0.5) is 0 Å². The number of carboxylic acids is 1. The molecule has 0 radical (unpaired) electrons. The summed E-state index contributed by atoms with van der Waals surface area (Å²) in [6.07, 6.45) is -0.639. The second kappa shape index (κ2) is 17.9. The molecule has 1 fully saturated rings. The first-order valence-electron chi connectivity index (χ1n) is 13.8. The highest BCUT2D eigenvalue weighted by Gasteiger charge is 2.39. The van der Waals surface area contributed by atoms with Gasteiger partial charge in [0, 0.05) is 19.4 Å². The zero-order valence-corrected chi connectivity index (χ0v) is 23.8. The van der Waals surface area contributed by atoms with E-state index in [-0.39, 0.29) is 45.1 Å². The molecule has 238 valence electrons. The first-order chi connectivity index (χ1) is 19.7. The first kappa shape index (κ1) is 36.2. The number of nitrogens with two attached hydrogens (primary N) is 4. The number of hydrogen-bond acceptors (Lipinski definition) is 10. The van der Waals surface area contributed by atoms with E-state index in [1.54, 1.807) is 0 Å². The molecule has 0 aromatic rings. The van der Waals surface area contributed by atoms with E-state index in [4.69, 9.17) is 22.9 Å². The molecule has 0 saturated carbocycles. The number of carboxylic acid groups (broad SMARTS) is 1. The van der Waals surface area contributed by atoms with Crippen molar-refractivity contribution in [2.24, 2.45) is 22.9 Å². The number of aliphatic carboxylic acids is 1. The number of likely N-dealkylation sites (tertiary alicyclic amines) is 1. The Morgan fingerprint density at radius 1 is 0.857 bits per heavy atom. The molecular weight excluding hydrogens is 556 g/mol. The lowest BCUT2D eigenvalue weighted by atomic mass is 10.0. The number of rotatable bonds is 19. The Balaban J connectivity index is 3.11. The second-order valence-electron chi connectivity index (χ2n) is 10.3. The van der Waals surface area contributed by atoms with Crippen molar-refractivity contribution in [3.05, 3.63) is 0 Å². The smallest absolute Gasteiger partial charge is 0.326 e. The molecule has 6 amide bonds. The second-order valence-corrected chi connectivity index (χ2v) is 10.3. The summed E-state index contributed by atoms with van der Waals surface area (Å²) >= 11 is 0. The lowest BCUT2D eigenvalue weighted by Crippen LogP contribution is -2.58. The number of nitrogens with one attached hydrogen (secondary N) is 3. The average molecular weight is 601 g/mol. The van der Waals surface area contributed by atoms with Crippen molar-refractivity contribution in [1.29, 1.82) is 0 Å². The number of aliphatic hydroxyl groups is 1. The van der Waals surface area contributed by atoms with Crippen molar-refractivity contribution in [2.75, 3.05) is 13.1 Å². The highest BCUT2D eigenvalue weighted by atomic mass is 16.4. The number of amides is 6. The van der Waals surface area contributed by atoms with Crippen LogP contribution in [0.15, 0.2) is 0 Å². The van der Waals surface area contributed by atoms with E-state index in [2.05, 4.69) is 16.0 Å². The van der Waals surface area contributed by atoms with Crippen LogP contribution in [0.2, 0.25) is 0 Å². The Kier molecular flexibility index (Phi) is 15.4. The Morgan fingerprint density at radius 2 is 1.38 bits per heavy atom. The van der Waals surface area contributed by atoms with Gasteiger partial charge in [-0.2, -0.15) is 0 Å². The Labute approximate surface area is 243 Å². The van der Waals surface area contributed by atoms with Crippen molar-refractivity contribution in [2.45, 2.75) is 101 Å². The summed E-state index contributed by atoms with van der Waals surface area (Å²) in [6.45, 7) is 1.86. The third kappa shape index (κ3) is 12.0. The molecular formula is C25H44N8O9. The predicted molar refractivity (Wildman–Crippen MR) is 148 cm³/mol. The number of carbonyl (C=O) groups is 7. The molecule has 13 N–H and O–H groups in total. The lowest BCUT2D eigenvalue weighted by Gasteiger charge is -2.29. The number of hydrogen-bond donors (Lipinski definition) is 9. The Bertz CT molecular complexity index is 993. The van der Waals surface area contributed by atoms with Gasteiger partial charge in [0.15, 0.2) is 0 Å². The summed E-state index contributed by atoms with van der Waals surface area (Å²) in [5.41, 5.74) is 21.6. The van der Waals surface area contributed by atoms with Crippen molar-refractivity contribution in [1.82, 2.24) is 20.9 Å². The maximum absolute atomic E-state index is 13.3. The number of primary amides is 2. The minimum atomic E-state index is -1.41. The number of nitrogens with zero attached hydrogens (tertiary/aromatic N) is 1. The van der Waals surface area contributed by atoms with Gasteiger partial charge in [0.1, 0.15) is 30.2 Å². The molecule has 1 aliphatic rings. The zero-order valence-electron chi connectivity index (χ0n) is 23.8. The van der Waals surface area contributed by atoms with Crippen molar-refractivity contribution >= 4 is 41.4 Å². The van der Waals surface area contributed by atoms with E-state index in [9.17, 15) is 43.8 Å². The summed E-state index contributed by atoms with van der Waals surface area (Å²) in [5, 5.41) is 26.4. The van der Waals surface area contributed by atoms with Gasteiger partial charge in [-0.15, -0.1) is 0 Å². The van der Waals surface area contributed by atoms with E-state index in [0.29, 0.717) is 25.8 Å². The summed E-state index contributed by atoms with van der Waals surface area (Å²) in [4.78, 5) is 87.8. The van der Waals surface area contributed by atoms with E-state index in [0.717, 1.165) is 0 Å². The molecule has 6 atom stereocenters. The summed E-state index contributed by atoms with van der Waals surface area (Å²) in [6, 6.07) is -6.37. The molecule has 1 heterocycles. The maximum Gasteiger partial charge on any atom is 0.326 e. The maximum atomic E-state index is 13.3. The normalized spacial score (nSPS) is 18.2. The molecule has 0 spiro atoms. The molecule has 1 rings (SSSR count). The van der Waals surface area contributed by atoms with Crippen LogP contribution in [-0.2, 0) is 33.6 Å². The molecule has 17 heteroatoms. The van der Waals surface area contributed by atoms with Gasteiger partial charge in [0.2, 0.25) is 35.4 Å². The van der Waals surface area contributed by atoms with Gasteiger partial charge in [-0.1, -0.05) is 0 Å². The van der Waals surface area contributed by atoms with Crippen LogP contribution in [0.5, 0.6) is 0 Å². The van der Waals surface area contributed by atoms with Crippen LogP contribution in [0.25, 0.3) is 0 Å². The number of aliphatic hydroxyl groups excluding tert-OH is 1. The largest absolute Gasteiger partial charge is 0.480 e. The fourth-order valence-corrected chi connectivity index (χ4v) is 4.37. The molecule has 0 unspecified atom stereocenters. The van der Waals surface area contributed by atoms with E-state index in [1.165, 1.54) is 11.8 Å². The first-order valence-corrected chi connectivity index (χ1v) is 13.8. The van der Waals surface area contributed by atoms with Crippen molar-refractivity contribution < 1.29 is 43.8 Å². The molecule has 1 aliphatic heterocycles. The third-order valence-corrected chi connectivity index (χ3v) is 6.83. The highest BCUT2D eigenvalue weighted by molar-refractivity contribution is 5.96. The molecule has 0 aromatic heterocycles. The van der Waals surface area contributed by atoms with Crippen molar-refractivity contribution in [3.8, 4) is 0 Å². The third-order valence-electron chi connectivity index (χ3n) is 6.83. The van der Waals surface area contributed by atoms with Crippen LogP contribution in [0, 0.1) is 0 Å². The van der Waals surface area contributed by atoms with Crippen LogP contribution < -0.4 is 38.9 Å². The van der Waals surface area contributed by atoms with Gasteiger partial charge in [-0.3, -0.25) is 28.8 Å². The summed E-state index contributed by atoms with van der Waals surface area (Å²) < 4.78 is 0. The fourth-order valence-electron chi connectivity index (χ4n) is 4.37. The van der Waals surface area contributed by atoms with Gasteiger partial charge >= 0.3 is 5.97 Å². The van der Waals surface area contributed by atoms with Crippen LogP contribution in [0.3, 0.4) is 0 Å². The molecule has 1 saturated heterocycles. The summed E-state index contributed by atoms with van der Waals surface area (Å²) in [7, 11) is 0. The Hall–Kier alpha value is -3.83. The quantitative estimate of drug-likeness (QED) is 0.0641. The Morgan fingerprint density at radius 3 is 1.86 bits per heavy atom. The average Bonchev–Trinajstić information content (AvgIpc) is 3.41. The highest BCUT2D eigenvalue weighted by Crippen LogP contribution is 2.19. The topological polar surface area (TPSA) is 303 Å². The number of carbonyl (C=O) groups excluding carboxylic acids is 6. The van der Waals surface area contributed by atoms with Crippen LogP contribution in [0.1, 0.15) is 64.7 Å². The predicted octanol–water partition coefficient (Wildman–Crippen LogP) is -4.12. The monoisotopic (exact) mass is 600 g/mol. The minimum Gasteiger partial charge on any atom is -0.480 e. The zero-order chi connectivity index (χ0) is 32.0. The minimum absolute atomic E-state index is 0.0708. The molecule has 17 nitrogen and oxygen atoms in total. The summed E-state index contributed by atoms with van der Waals surface area (Å²) in [5.74, 6) is -6.05. The van der Waals surface area contributed by atoms with Crippen LogP contribution in [-0.4, -0.2) is 106 Å². The van der Waals surface area contributed by atoms with Gasteiger partial charge in [0.25, 0.3) is 0 Å². The van der Waals surface area contributed by atoms with E-state index >= 15 is 0 Å². The van der Waals surface area contributed by atoms with Gasteiger partial charge in [-0.25, -0.2) is 4.79 Å². The van der Waals surface area contributed by atoms with E-state index in [1.807, 2.05) is 0 Å². The molecule has 0 aliphatic carbocycles. The van der Waals surface area contributed by atoms with Gasteiger partial charge in [-0.05, 0) is 58.4 Å². The SMILES string of the molecule is C[C@@H](O)[C@H](N)C(=O)N1CCC[C@H]1C(=O)N[C@@H](CCC(N)=O)C(=O)N[C@@H](CCC(N)=O)C(=O)N[C@@H](CCCCN)C(=O)O. The van der Waals surface area contributed by atoms with Gasteiger partial charge in [0.05, 0.1) is 6.10 Å². The lowest BCUT2D eigenvalue weighted by molar-refractivity contribution is -0.143. The molecule has 0 bridgehead atoms. The standard InChI is InChI=1S/C25H44N8O9/c1-13(34)20(29)24(40)33-12-4-6-17(33)23(39)31-15(8-10-19(28)36)21(37)30-14(7-9-18(27)35)22(38)32-16(25(41)42)5-2-3-11-26/h13-17,20,34H,2-12,26,29H2,1H3,(H2,27,35)(H2,28,36)(H,30,37)(H,31,39)(H,32,38)(H,41,42)/t13-,14+,15+,16+,17+,20+/m1/s1. The fraction of sp³-hybridized carbons (Fsp3) is 0.720. The molecule has 42 heavy (non-hydrogen) atoms. The van der Waals surface area contributed by atoms with Gasteiger partial charge < -0.3 is 54.0 Å². The molecule has 0 aromatic carbocycles. The van der Waals surface area contributed by atoms with Crippen LogP contribution >= 0.6 is 0 Å². The number of unbranched alkanes of at least 4 members (excludes halogenated alkanes) is 1. The van der Waals surface area contributed by atoms with E-state index < -0.39 is 77.7 Å². The van der Waals surface area contributed by atoms with Crippen molar-refractivity contribution in [3.63, 3.8) is 0 Å².